The van der Waals surface area contributed by atoms with Gasteiger partial charge in [-0.3, -0.25) is 0 Å². The van der Waals surface area contributed by atoms with Crippen molar-refractivity contribution in [2.75, 3.05) is 6.54 Å². The molecule has 35 heavy (non-hydrogen) atoms. The molecule has 5 heteroatoms. The first-order valence-corrected chi connectivity index (χ1v) is 12.5. The molecule has 1 aromatic heterocycles. The lowest BCUT2D eigenvalue weighted by Gasteiger charge is -2.35. The summed E-state index contributed by atoms with van der Waals surface area (Å²) in [5, 5.41) is 8.53. The van der Waals surface area contributed by atoms with Gasteiger partial charge in [0.1, 0.15) is 5.69 Å². The number of likely N-dealkylation sites (tertiary alicyclic amines) is 1. The molecule has 1 amide bonds. The number of carbonyl (C=O) groups excluding carboxylic acids is 1. The second kappa shape index (κ2) is 9.87. The third-order valence-electron chi connectivity index (χ3n) is 7.02. The van der Waals surface area contributed by atoms with Gasteiger partial charge in [-0.05, 0) is 74.3 Å². The van der Waals surface area contributed by atoms with Gasteiger partial charge in [0.05, 0.1) is 6.20 Å². The summed E-state index contributed by atoms with van der Waals surface area (Å²) in [6.07, 6.45) is 5.82. The van der Waals surface area contributed by atoms with Crippen LogP contribution in [-0.2, 0) is 6.42 Å². The Morgan fingerprint density at radius 1 is 0.914 bits per heavy atom. The largest absolute Gasteiger partial charge is 0.346 e. The van der Waals surface area contributed by atoms with Gasteiger partial charge in [-0.15, -0.1) is 5.10 Å². The van der Waals surface area contributed by atoms with Crippen LogP contribution in [0.15, 0.2) is 72.9 Å². The Bertz CT molecular complexity index is 1300. The van der Waals surface area contributed by atoms with Crippen molar-refractivity contribution in [3.63, 3.8) is 0 Å². The molecule has 5 rings (SSSR count). The first kappa shape index (κ1) is 23.0. The van der Waals surface area contributed by atoms with E-state index in [9.17, 15) is 4.79 Å². The first-order valence-electron chi connectivity index (χ1n) is 12.5. The smallest absolute Gasteiger partial charge is 0.320 e. The Labute approximate surface area is 207 Å². The van der Waals surface area contributed by atoms with Gasteiger partial charge in [-0.2, -0.15) is 4.68 Å². The monoisotopic (exact) mass is 464 g/mol. The van der Waals surface area contributed by atoms with Gasteiger partial charge in [-0.25, -0.2) is 4.79 Å². The highest BCUT2D eigenvalue weighted by atomic mass is 16.2. The molecular formula is C30H32N4O. The van der Waals surface area contributed by atoms with E-state index in [0.29, 0.717) is 5.69 Å². The third kappa shape index (κ3) is 4.90. The molecule has 0 spiro atoms. The summed E-state index contributed by atoms with van der Waals surface area (Å²) < 4.78 is 1.40. The van der Waals surface area contributed by atoms with E-state index in [-0.39, 0.29) is 12.1 Å². The molecule has 3 aromatic carbocycles. The van der Waals surface area contributed by atoms with Crippen molar-refractivity contribution in [3.8, 4) is 22.4 Å². The Morgan fingerprint density at radius 2 is 1.60 bits per heavy atom. The molecule has 1 saturated heterocycles. The predicted octanol–water partition coefficient (Wildman–Crippen LogP) is 6.60. The molecule has 1 atom stereocenters. The SMILES string of the molecule is Cc1cc(C)c(-c2ccc(-c3cn(C(=O)N4CCCCC4Cc4ccccc4)nn3)cc2)c(C)c1. The van der Waals surface area contributed by atoms with Gasteiger partial charge in [0, 0.05) is 18.2 Å². The summed E-state index contributed by atoms with van der Waals surface area (Å²) in [4.78, 5) is 15.3. The minimum Gasteiger partial charge on any atom is -0.320 e. The Morgan fingerprint density at radius 3 is 2.31 bits per heavy atom. The maximum Gasteiger partial charge on any atom is 0.346 e. The van der Waals surface area contributed by atoms with Crippen molar-refractivity contribution in [3.05, 3.63) is 95.2 Å². The summed E-state index contributed by atoms with van der Waals surface area (Å²) >= 11 is 0. The predicted molar refractivity (Wildman–Crippen MR) is 140 cm³/mol. The van der Waals surface area contributed by atoms with Crippen LogP contribution in [0.2, 0.25) is 0 Å². The van der Waals surface area contributed by atoms with Crippen LogP contribution < -0.4 is 0 Å². The highest BCUT2D eigenvalue weighted by molar-refractivity contribution is 5.78. The van der Waals surface area contributed by atoms with Crippen molar-refractivity contribution >= 4 is 6.03 Å². The molecular weight excluding hydrogens is 432 g/mol. The van der Waals surface area contributed by atoms with E-state index in [4.69, 9.17) is 0 Å². The van der Waals surface area contributed by atoms with Crippen LogP contribution in [0.1, 0.15) is 41.5 Å². The van der Waals surface area contributed by atoms with E-state index in [1.54, 1.807) is 6.20 Å². The summed E-state index contributed by atoms with van der Waals surface area (Å²) in [6, 6.07) is 23.3. The standard InChI is InChI=1S/C30H32N4O/c1-21-17-22(2)29(23(3)18-21)26-14-12-25(13-15-26)28-20-34(32-31-28)30(35)33-16-8-7-11-27(33)19-24-9-5-4-6-10-24/h4-6,9-10,12-15,17-18,20,27H,7-8,11,16,19H2,1-3H3. The number of benzene rings is 3. The van der Waals surface area contributed by atoms with Gasteiger partial charge < -0.3 is 4.90 Å². The summed E-state index contributed by atoms with van der Waals surface area (Å²) in [6.45, 7) is 7.21. The topological polar surface area (TPSA) is 51.0 Å². The van der Waals surface area contributed by atoms with E-state index in [0.717, 1.165) is 37.8 Å². The summed E-state index contributed by atoms with van der Waals surface area (Å²) in [5.41, 5.74) is 9.21. The average Bonchev–Trinajstić information content (AvgIpc) is 3.35. The van der Waals surface area contributed by atoms with Crippen molar-refractivity contribution in [1.29, 1.82) is 0 Å². The molecule has 1 fully saturated rings. The molecule has 2 heterocycles. The van der Waals surface area contributed by atoms with Gasteiger partial charge in [0.2, 0.25) is 0 Å². The van der Waals surface area contributed by atoms with E-state index < -0.39 is 0 Å². The minimum atomic E-state index is -0.0908. The van der Waals surface area contributed by atoms with Gasteiger partial charge in [0.15, 0.2) is 0 Å². The maximum absolute atomic E-state index is 13.4. The average molecular weight is 465 g/mol. The lowest BCUT2D eigenvalue weighted by atomic mass is 9.93. The quantitative estimate of drug-likeness (QED) is 0.342. The van der Waals surface area contributed by atoms with Crippen molar-refractivity contribution in [2.45, 2.75) is 52.5 Å². The number of hydrogen-bond acceptors (Lipinski definition) is 3. The van der Waals surface area contributed by atoms with Crippen LogP contribution in [0.25, 0.3) is 22.4 Å². The van der Waals surface area contributed by atoms with Crippen LogP contribution in [0.5, 0.6) is 0 Å². The van der Waals surface area contributed by atoms with E-state index >= 15 is 0 Å². The zero-order valence-corrected chi connectivity index (χ0v) is 20.7. The zero-order chi connectivity index (χ0) is 24.4. The van der Waals surface area contributed by atoms with Crippen LogP contribution >= 0.6 is 0 Å². The maximum atomic E-state index is 13.4. The number of nitrogens with zero attached hydrogens (tertiary/aromatic N) is 4. The van der Waals surface area contributed by atoms with Crippen molar-refractivity contribution in [1.82, 2.24) is 19.9 Å². The molecule has 4 aromatic rings. The van der Waals surface area contributed by atoms with Crippen molar-refractivity contribution in [2.24, 2.45) is 0 Å². The van der Waals surface area contributed by atoms with E-state index in [2.05, 4.69) is 91.7 Å². The Balaban J connectivity index is 1.34. The Hall–Kier alpha value is -3.73. The zero-order valence-electron chi connectivity index (χ0n) is 20.7. The van der Waals surface area contributed by atoms with Crippen LogP contribution in [0.3, 0.4) is 0 Å². The molecule has 0 aliphatic carbocycles. The van der Waals surface area contributed by atoms with Gasteiger partial charge in [-0.1, -0.05) is 77.5 Å². The number of aryl methyl sites for hydroxylation is 3. The van der Waals surface area contributed by atoms with E-state index in [1.165, 1.54) is 38.1 Å². The minimum absolute atomic E-state index is 0.0908. The number of aromatic nitrogens is 3. The normalized spacial score (nSPS) is 15.9. The molecule has 1 aliphatic heterocycles. The number of rotatable bonds is 4. The number of piperidine rings is 1. The van der Waals surface area contributed by atoms with Crippen LogP contribution in [0.4, 0.5) is 4.79 Å². The number of hydrogen-bond donors (Lipinski definition) is 0. The second-order valence-corrected chi connectivity index (χ2v) is 9.71. The fraction of sp³-hybridized carbons (Fsp3) is 0.300. The Kier molecular flexibility index (Phi) is 6.49. The second-order valence-electron chi connectivity index (χ2n) is 9.71. The van der Waals surface area contributed by atoms with Crippen LogP contribution in [-0.4, -0.2) is 38.5 Å². The number of carbonyl (C=O) groups is 1. The molecule has 5 nitrogen and oxygen atoms in total. The molecule has 178 valence electrons. The van der Waals surface area contributed by atoms with Gasteiger partial charge >= 0.3 is 6.03 Å². The molecule has 0 bridgehead atoms. The van der Waals surface area contributed by atoms with Gasteiger partial charge in [0.25, 0.3) is 0 Å². The molecule has 0 N–H and O–H groups in total. The molecule has 0 saturated carbocycles. The number of amides is 1. The highest BCUT2D eigenvalue weighted by Crippen LogP contribution is 2.30. The fourth-order valence-electron chi connectivity index (χ4n) is 5.41. The highest BCUT2D eigenvalue weighted by Gasteiger charge is 2.28. The van der Waals surface area contributed by atoms with E-state index in [1.807, 2.05) is 11.0 Å². The molecule has 0 radical (unpaired) electrons. The fourth-order valence-corrected chi connectivity index (χ4v) is 5.41. The lowest BCUT2D eigenvalue weighted by Crippen LogP contribution is -2.46. The molecule has 1 unspecified atom stereocenters. The first-order chi connectivity index (χ1) is 17.0. The lowest BCUT2D eigenvalue weighted by molar-refractivity contribution is 0.149. The summed E-state index contributed by atoms with van der Waals surface area (Å²) in [5.74, 6) is 0. The summed E-state index contributed by atoms with van der Waals surface area (Å²) in [7, 11) is 0. The van der Waals surface area contributed by atoms with Crippen LogP contribution in [0, 0.1) is 20.8 Å². The third-order valence-corrected chi connectivity index (χ3v) is 7.02. The molecule has 1 aliphatic rings. The van der Waals surface area contributed by atoms with Crippen molar-refractivity contribution < 1.29 is 4.79 Å².